The zero-order chi connectivity index (χ0) is 19.6. The van der Waals surface area contributed by atoms with Gasteiger partial charge in [-0.1, -0.05) is 44.5 Å². The fourth-order valence-corrected chi connectivity index (χ4v) is 3.77. The summed E-state index contributed by atoms with van der Waals surface area (Å²) in [5, 5.41) is 9.58. The van der Waals surface area contributed by atoms with Crippen LogP contribution in [0.2, 0.25) is 0 Å². The van der Waals surface area contributed by atoms with Crippen LogP contribution in [0.3, 0.4) is 0 Å². The molecule has 0 N–H and O–H groups in total. The molecule has 0 bridgehead atoms. The third kappa shape index (κ3) is 3.86. The van der Waals surface area contributed by atoms with E-state index < -0.39 is 5.41 Å². The molecule has 0 unspecified atom stereocenters. The second kappa shape index (κ2) is 7.43. The van der Waals surface area contributed by atoms with Crippen LogP contribution in [-0.4, -0.2) is 10.4 Å². The molecule has 26 heavy (non-hydrogen) atoms. The summed E-state index contributed by atoms with van der Waals surface area (Å²) in [6, 6.07) is 8.10. The summed E-state index contributed by atoms with van der Waals surface area (Å²) in [5.74, 6) is -0.248. The zero-order valence-corrected chi connectivity index (χ0v) is 17.0. The van der Waals surface area contributed by atoms with Gasteiger partial charge in [-0.05, 0) is 38.0 Å². The van der Waals surface area contributed by atoms with Gasteiger partial charge in [0.05, 0.1) is 4.53 Å². The van der Waals surface area contributed by atoms with E-state index in [2.05, 4.69) is 0 Å². The molecule has 0 saturated carbocycles. The summed E-state index contributed by atoms with van der Waals surface area (Å²) in [6.45, 7) is 11.6. The summed E-state index contributed by atoms with van der Waals surface area (Å²) in [5.41, 5.74) is 2.37. The molecule has 136 valence electrons. The number of hydrogen-bond acceptors (Lipinski definition) is 4. The van der Waals surface area contributed by atoms with E-state index in [4.69, 9.17) is 0 Å². The number of Topliss-reactive ketones (excluding diaryl/α,β-unsaturated/α-hetero) is 1. The summed E-state index contributed by atoms with van der Waals surface area (Å²) in [6.07, 6.45) is 1.85. The number of ketones is 1. The van der Waals surface area contributed by atoms with E-state index in [0.717, 1.165) is 16.7 Å². The minimum absolute atomic E-state index is 0.0575. The number of nitriles is 1. The van der Waals surface area contributed by atoms with Crippen molar-refractivity contribution < 1.29 is 4.79 Å². The Bertz CT molecular complexity index is 1070. The number of nitrogens with zero attached hydrogens (tertiary/aromatic N) is 2. The van der Waals surface area contributed by atoms with Crippen LogP contribution >= 0.6 is 11.3 Å². The van der Waals surface area contributed by atoms with Crippen LogP contribution in [0.5, 0.6) is 0 Å². The molecule has 0 fully saturated rings. The first-order valence-electron chi connectivity index (χ1n) is 8.58. The van der Waals surface area contributed by atoms with E-state index >= 15 is 0 Å². The average molecular weight is 369 g/mol. The number of carbonyl (C=O) groups is 1. The smallest absolute Gasteiger partial charge is 0.269 e. The van der Waals surface area contributed by atoms with Crippen LogP contribution in [0.15, 0.2) is 23.0 Å². The summed E-state index contributed by atoms with van der Waals surface area (Å²) < 4.78 is 2.49. The van der Waals surface area contributed by atoms with Gasteiger partial charge in [0.1, 0.15) is 16.3 Å². The molecule has 1 aromatic carbocycles. The molecule has 0 aliphatic rings. The van der Waals surface area contributed by atoms with Gasteiger partial charge in [0.25, 0.3) is 5.56 Å². The molecule has 2 aromatic rings. The van der Waals surface area contributed by atoms with Crippen molar-refractivity contribution in [2.45, 2.75) is 48.1 Å². The first-order valence-corrected chi connectivity index (χ1v) is 9.39. The van der Waals surface area contributed by atoms with Crippen molar-refractivity contribution in [3.8, 4) is 6.07 Å². The van der Waals surface area contributed by atoms with E-state index in [9.17, 15) is 14.9 Å². The largest absolute Gasteiger partial charge is 0.298 e. The highest BCUT2D eigenvalue weighted by atomic mass is 32.1. The van der Waals surface area contributed by atoms with Crippen molar-refractivity contribution in [2.75, 3.05) is 0 Å². The third-order valence-corrected chi connectivity index (χ3v) is 5.31. The lowest BCUT2D eigenvalue weighted by atomic mass is 9.87. The molecule has 1 heterocycles. The maximum Gasteiger partial charge on any atom is 0.269 e. The molecule has 0 radical (unpaired) electrons. The van der Waals surface area contributed by atoms with Crippen LogP contribution in [0.4, 0.5) is 0 Å². The monoisotopic (exact) mass is 368 g/mol. The van der Waals surface area contributed by atoms with Crippen LogP contribution in [-0.2, 0) is 11.3 Å². The lowest BCUT2D eigenvalue weighted by Gasteiger charge is -2.15. The predicted octanol–water partition coefficient (Wildman–Crippen LogP) is 2.66. The third-order valence-electron chi connectivity index (χ3n) is 4.18. The van der Waals surface area contributed by atoms with Crippen LogP contribution < -0.4 is 14.8 Å². The number of carbonyl (C=O) groups excluding carboxylic acids is 1. The van der Waals surface area contributed by atoms with Crippen LogP contribution in [0.25, 0.3) is 11.6 Å². The van der Waals surface area contributed by atoms with Gasteiger partial charge in [-0.3, -0.25) is 14.2 Å². The molecule has 0 aliphatic heterocycles. The van der Waals surface area contributed by atoms with E-state index in [1.54, 1.807) is 20.8 Å². The van der Waals surface area contributed by atoms with Crippen molar-refractivity contribution in [3.63, 3.8) is 0 Å². The van der Waals surface area contributed by atoms with Crippen molar-refractivity contribution >= 4 is 28.8 Å². The highest BCUT2D eigenvalue weighted by molar-refractivity contribution is 7.07. The van der Waals surface area contributed by atoms with E-state index in [-0.39, 0.29) is 16.9 Å². The number of thiazole rings is 1. The Kier molecular flexibility index (Phi) is 5.68. The first kappa shape index (κ1) is 19.9. The van der Waals surface area contributed by atoms with Gasteiger partial charge < -0.3 is 0 Å². The topological polar surface area (TPSA) is 62.9 Å². The maximum atomic E-state index is 12.8. The molecule has 4 nitrogen and oxygen atoms in total. The Morgan fingerprint density at radius 3 is 2.50 bits per heavy atom. The van der Waals surface area contributed by atoms with Gasteiger partial charge in [0, 0.05) is 12.0 Å². The van der Waals surface area contributed by atoms with Gasteiger partial charge in [-0.2, -0.15) is 5.26 Å². The van der Waals surface area contributed by atoms with Crippen LogP contribution in [0.1, 0.15) is 44.4 Å². The predicted molar refractivity (Wildman–Crippen MR) is 106 cm³/mol. The number of aromatic nitrogens is 1. The Balaban J connectivity index is 2.87. The lowest BCUT2D eigenvalue weighted by Crippen LogP contribution is -2.33. The minimum Gasteiger partial charge on any atom is -0.298 e. The Morgan fingerprint density at radius 1 is 1.31 bits per heavy atom. The molecule has 0 aliphatic carbocycles. The second-order valence-corrected chi connectivity index (χ2v) is 8.42. The van der Waals surface area contributed by atoms with Crippen molar-refractivity contribution in [3.05, 3.63) is 54.4 Å². The first-order chi connectivity index (χ1) is 12.1. The molecule has 0 atom stereocenters. The minimum atomic E-state index is -0.680. The van der Waals surface area contributed by atoms with Gasteiger partial charge in [0.15, 0.2) is 5.78 Å². The van der Waals surface area contributed by atoms with E-state index in [0.29, 0.717) is 15.7 Å². The quantitative estimate of drug-likeness (QED) is 0.837. The normalized spacial score (nSPS) is 13.5. The molecule has 0 spiro atoms. The fraction of sp³-hybridized carbons (Fsp3) is 0.381. The van der Waals surface area contributed by atoms with Gasteiger partial charge in [0.2, 0.25) is 0 Å². The number of hydrogen-bond donors (Lipinski definition) is 0. The molecular formula is C21H24N2O2S. The fourth-order valence-electron chi connectivity index (χ4n) is 2.62. The summed E-state index contributed by atoms with van der Waals surface area (Å²) >= 11 is 1.21. The van der Waals surface area contributed by atoms with Crippen molar-refractivity contribution in [2.24, 2.45) is 5.41 Å². The van der Waals surface area contributed by atoms with Crippen molar-refractivity contribution in [1.82, 2.24) is 4.57 Å². The molecule has 1 aromatic heterocycles. The van der Waals surface area contributed by atoms with Gasteiger partial charge in [-0.15, -0.1) is 11.3 Å². The summed E-state index contributed by atoms with van der Waals surface area (Å²) in [7, 11) is 0. The average Bonchev–Trinajstić information content (AvgIpc) is 2.86. The number of rotatable bonds is 3. The Labute approximate surface area is 157 Å². The lowest BCUT2D eigenvalue weighted by molar-refractivity contribution is -0.120. The molecule has 2 rings (SSSR count). The summed E-state index contributed by atoms with van der Waals surface area (Å²) in [4.78, 5) is 25.5. The molecular weight excluding hydrogens is 344 g/mol. The number of benzene rings is 1. The van der Waals surface area contributed by atoms with Crippen LogP contribution in [0, 0.1) is 30.6 Å². The highest BCUT2D eigenvalue weighted by Crippen LogP contribution is 2.19. The Morgan fingerprint density at radius 2 is 1.96 bits per heavy atom. The van der Waals surface area contributed by atoms with E-state index in [1.807, 2.05) is 51.1 Å². The van der Waals surface area contributed by atoms with Gasteiger partial charge >= 0.3 is 0 Å². The zero-order valence-electron chi connectivity index (χ0n) is 16.1. The molecule has 5 heteroatoms. The molecule has 0 amide bonds. The second-order valence-electron chi connectivity index (χ2n) is 7.39. The SMILES string of the molecule is CCn1c(=O)/c(=C\c2cc(C)ccc2C)s/c1=C(/C#N)C(=O)C(C)(C)C. The van der Waals surface area contributed by atoms with Gasteiger partial charge in [-0.25, -0.2) is 0 Å². The molecule has 0 saturated heterocycles. The van der Waals surface area contributed by atoms with E-state index in [1.165, 1.54) is 15.9 Å². The Hall–Kier alpha value is -2.45. The van der Waals surface area contributed by atoms with Crippen molar-refractivity contribution in [1.29, 1.82) is 5.26 Å². The maximum absolute atomic E-state index is 12.8. The standard InChI is InChI=1S/C21H24N2O2S/c1-7-23-19(25)17(11-15-10-13(2)8-9-14(15)3)26-20(23)16(12-22)18(24)21(4,5)6/h8-11H,7H2,1-6H3/b17-11+,20-16-. The number of aryl methyl sites for hydroxylation is 2. The highest BCUT2D eigenvalue weighted by Gasteiger charge is 2.27.